The van der Waals surface area contributed by atoms with Crippen molar-refractivity contribution in [1.29, 1.82) is 0 Å². The quantitative estimate of drug-likeness (QED) is 0.293. The molecule has 0 saturated heterocycles. The van der Waals surface area contributed by atoms with E-state index in [-0.39, 0.29) is 11.3 Å². The Kier molecular flexibility index (Phi) is 9.10. The number of aryl methyl sites for hydroxylation is 5. The Balaban J connectivity index is 1.68. The van der Waals surface area contributed by atoms with Gasteiger partial charge in [0.2, 0.25) is 0 Å². The van der Waals surface area contributed by atoms with Crippen LogP contribution in [0.15, 0.2) is 41.9 Å². The second-order valence-corrected chi connectivity index (χ2v) is 10.7. The van der Waals surface area contributed by atoms with Crippen molar-refractivity contribution in [2.24, 2.45) is 4.99 Å². The van der Waals surface area contributed by atoms with E-state index in [0.717, 1.165) is 59.4 Å². The third-order valence-electron chi connectivity index (χ3n) is 6.96. The number of nitrogens with zero attached hydrogens (tertiary/aromatic N) is 1. The number of ether oxygens (including phenoxy) is 1. The fourth-order valence-electron chi connectivity index (χ4n) is 4.93. The van der Waals surface area contributed by atoms with E-state index in [1.54, 1.807) is 0 Å². The van der Waals surface area contributed by atoms with Crippen molar-refractivity contribution in [3.8, 4) is 0 Å². The second-order valence-electron chi connectivity index (χ2n) is 10.7. The molecule has 0 amide bonds. The zero-order valence-corrected chi connectivity index (χ0v) is 22.7. The van der Waals surface area contributed by atoms with Crippen LogP contribution in [-0.2, 0) is 24.0 Å². The van der Waals surface area contributed by atoms with Crippen molar-refractivity contribution >= 4 is 17.3 Å². The molecule has 35 heavy (non-hydrogen) atoms. The van der Waals surface area contributed by atoms with Gasteiger partial charge in [-0.25, -0.2) is 4.99 Å². The van der Waals surface area contributed by atoms with E-state index >= 15 is 0 Å². The molecule has 188 valence electrons. The molecule has 0 aromatic heterocycles. The molecule has 0 bridgehead atoms. The molecule has 3 nitrogen and oxygen atoms in total. The van der Waals surface area contributed by atoms with Crippen LogP contribution in [0.1, 0.15) is 104 Å². The summed E-state index contributed by atoms with van der Waals surface area (Å²) in [6, 6.07) is 11.1. The van der Waals surface area contributed by atoms with E-state index in [9.17, 15) is 4.79 Å². The van der Waals surface area contributed by atoms with Crippen molar-refractivity contribution in [3.63, 3.8) is 0 Å². The lowest BCUT2D eigenvalue weighted by Crippen LogP contribution is -2.17. The molecule has 0 radical (unpaired) electrons. The summed E-state index contributed by atoms with van der Waals surface area (Å²) in [7, 11) is 0. The number of hydrogen-bond donors (Lipinski definition) is 0. The molecule has 0 saturated carbocycles. The van der Waals surface area contributed by atoms with Crippen LogP contribution in [0.2, 0.25) is 0 Å². The SMILES string of the molecule is C=C(CC1=NC(C)(C)CO1)c1cc(C(=O)CCCc2cc(CCCC)ccc2CC)c(C)cc1C. The summed E-state index contributed by atoms with van der Waals surface area (Å²) < 4.78 is 5.77. The van der Waals surface area contributed by atoms with Gasteiger partial charge in [-0.2, -0.15) is 0 Å². The van der Waals surface area contributed by atoms with Gasteiger partial charge in [0, 0.05) is 18.4 Å². The summed E-state index contributed by atoms with van der Waals surface area (Å²) >= 11 is 0. The van der Waals surface area contributed by atoms with Gasteiger partial charge in [0.25, 0.3) is 0 Å². The number of carbonyl (C=O) groups excluding carboxylic acids is 1. The minimum Gasteiger partial charge on any atom is -0.478 e. The minimum absolute atomic E-state index is 0.174. The average Bonchev–Trinajstić information content (AvgIpc) is 3.15. The van der Waals surface area contributed by atoms with E-state index in [4.69, 9.17) is 4.74 Å². The van der Waals surface area contributed by atoms with Gasteiger partial charge < -0.3 is 4.74 Å². The van der Waals surface area contributed by atoms with Crippen LogP contribution in [0.4, 0.5) is 0 Å². The normalized spacial score (nSPS) is 14.5. The molecular weight excluding hydrogens is 430 g/mol. The van der Waals surface area contributed by atoms with E-state index in [1.807, 2.05) is 13.0 Å². The Morgan fingerprint density at radius 1 is 1.00 bits per heavy atom. The highest BCUT2D eigenvalue weighted by Gasteiger charge is 2.26. The molecule has 0 aliphatic carbocycles. The first-order chi connectivity index (χ1) is 16.6. The maximum absolute atomic E-state index is 13.3. The molecule has 0 fully saturated rings. The standard InChI is InChI=1S/C32H43NO2/c1-8-10-12-25-15-16-26(9-2)27(19-25)13-11-14-30(34)29-20-28(22(3)17-23(29)4)24(5)18-31-33-32(6,7)21-35-31/h15-17,19-20H,5,8-14,18,21H2,1-4,6-7H3. The third-order valence-corrected chi connectivity index (χ3v) is 6.96. The number of Topliss-reactive ketones (excluding diaryl/α,β-unsaturated/α-hetero) is 1. The largest absolute Gasteiger partial charge is 0.478 e. The van der Waals surface area contributed by atoms with Crippen LogP contribution < -0.4 is 0 Å². The summed E-state index contributed by atoms with van der Waals surface area (Å²) in [4.78, 5) is 17.9. The number of hydrogen-bond acceptors (Lipinski definition) is 3. The monoisotopic (exact) mass is 473 g/mol. The van der Waals surface area contributed by atoms with Crippen molar-refractivity contribution in [2.45, 2.75) is 98.4 Å². The summed E-state index contributed by atoms with van der Waals surface area (Å²) in [5.41, 5.74) is 9.03. The van der Waals surface area contributed by atoms with Crippen LogP contribution in [0.5, 0.6) is 0 Å². The second kappa shape index (κ2) is 11.8. The number of rotatable bonds is 12. The van der Waals surface area contributed by atoms with Crippen molar-refractivity contribution in [2.75, 3.05) is 6.61 Å². The van der Waals surface area contributed by atoms with Gasteiger partial charge in [-0.05, 0) is 105 Å². The van der Waals surface area contributed by atoms with Gasteiger partial charge in [-0.3, -0.25) is 4.79 Å². The number of benzene rings is 2. The Morgan fingerprint density at radius 3 is 2.40 bits per heavy atom. The van der Waals surface area contributed by atoms with Crippen LogP contribution in [0.25, 0.3) is 5.57 Å². The van der Waals surface area contributed by atoms with Gasteiger partial charge >= 0.3 is 0 Å². The lowest BCUT2D eigenvalue weighted by Gasteiger charge is -2.14. The lowest BCUT2D eigenvalue weighted by atomic mass is 9.90. The summed E-state index contributed by atoms with van der Waals surface area (Å²) in [5.74, 6) is 0.952. The first-order valence-electron chi connectivity index (χ1n) is 13.3. The van der Waals surface area contributed by atoms with Crippen LogP contribution >= 0.6 is 0 Å². The maximum Gasteiger partial charge on any atom is 0.188 e. The van der Waals surface area contributed by atoms with Crippen LogP contribution in [-0.4, -0.2) is 23.8 Å². The molecule has 1 heterocycles. The van der Waals surface area contributed by atoms with Crippen molar-refractivity contribution in [3.05, 3.63) is 75.9 Å². The first-order valence-corrected chi connectivity index (χ1v) is 13.3. The zero-order chi connectivity index (χ0) is 25.6. The van der Waals surface area contributed by atoms with Gasteiger partial charge in [-0.15, -0.1) is 0 Å². The molecule has 0 N–H and O–H groups in total. The Morgan fingerprint density at radius 2 is 1.74 bits per heavy atom. The molecular formula is C32H43NO2. The predicted octanol–water partition coefficient (Wildman–Crippen LogP) is 8.02. The van der Waals surface area contributed by atoms with Crippen LogP contribution in [0.3, 0.4) is 0 Å². The molecule has 2 aromatic carbocycles. The van der Waals surface area contributed by atoms with Crippen molar-refractivity contribution in [1.82, 2.24) is 0 Å². The van der Waals surface area contributed by atoms with Crippen molar-refractivity contribution < 1.29 is 9.53 Å². The topological polar surface area (TPSA) is 38.7 Å². The van der Waals surface area contributed by atoms with E-state index in [2.05, 4.69) is 70.5 Å². The molecule has 1 aliphatic heterocycles. The fraction of sp³-hybridized carbons (Fsp3) is 0.500. The number of aliphatic imine (C=N–C) groups is 1. The number of unbranched alkanes of at least 4 members (excludes halogenated alkanes) is 1. The lowest BCUT2D eigenvalue weighted by molar-refractivity contribution is 0.0979. The van der Waals surface area contributed by atoms with Gasteiger partial charge in [0.05, 0.1) is 5.54 Å². The highest BCUT2D eigenvalue weighted by Crippen LogP contribution is 2.28. The molecule has 1 aliphatic rings. The minimum atomic E-state index is -0.174. The van der Waals surface area contributed by atoms with Crippen LogP contribution in [0, 0.1) is 13.8 Å². The van der Waals surface area contributed by atoms with E-state index in [1.165, 1.54) is 29.5 Å². The predicted molar refractivity (Wildman–Crippen MR) is 149 cm³/mol. The first kappa shape index (κ1) is 26.9. The van der Waals surface area contributed by atoms with E-state index in [0.29, 0.717) is 19.4 Å². The molecule has 3 heteroatoms. The highest BCUT2D eigenvalue weighted by molar-refractivity contribution is 5.99. The van der Waals surface area contributed by atoms with Gasteiger partial charge in [0.1, 0.15) is 6.61 Å². The summed E-state index contributed by atoms with van der Waals surface area (Å²) in [6.45, 7) is 17.6. The zero-order valence-electron chi connectivity index (χ0n) is 22.7. The molecule has 0 spiro atoms. The number of ketones is 1. The summed E-state index contributed by atoms with van der Waals surface area (Å²) in [6.07, 6.45) is 7.56. The Bertz CT molecular complexity index is 1110. The number of carbonyl (C=O) groups is 1. The molecule has 3 rings (SSSR count). The fourth-order valence-corrected chi connectivity index (χ4v) is 4.93. The maximum atomic E-state index is 13.3. The third kappa shape index (κ3) is 7.16. The smallest absolute Gasteiger partial charge is 0.188 e. The Hall–Kier alpha value is -2.68. The summed E-state index contributed by atoms with van der Waals surface area (Å²) in [5, 5.41) is 0. The van der Waals surface area contributed by atoms with Gasteiger partial charge in [0.15, 0.2) is 11.7 Å². The molecule has 0 unspecified atom stereocenters. The molecule has 2 aromatic rings. The Labute approximate surface area is 212 Å². The molecule has 0 atom stereocenters. The van der Waals surface area contributed by atoms with E-state index < -0.39 is 0 Å². The highest BCUT2D eigenvalue weighted by atomic mass is 16.5. The average molecular weight is 474 g/mol. The van der Waals surface area contributed by atoms with Gasteiger partial charge in [-0.1, -0.05) is 51.1 Å².